The standard InChI is InChI=1S/C66H63ClSi/c1-46-37-58(40-52-25-13-7-14-26-52)61(43-55-31-19-10-20-32-55)49(4)64(46)68(67,65-47(2)38-59(41-53-27-15-8-16-28-53)62(50(65)5)44-56-33-21-11-22-34-56)66-48(3)39-60(42-54-29-17-9-18-30-54)63(51(66)6)45-57-35-23-12-24-36-57/h7-39H,40-45H2,1-6H3. The van der Waals surface area contributed by atoms with Crippen LogP contribution in [-0.4, -0.2) is 7.38 Å². The zero-order valence-electron chi connectivity index (χ0n) is 40.7. The summed E-state index contributed by atoms with van der Waals surface area (Å²) in [5.41, 5.74) is 24.0. The van der Waals surface area contributed by atoms with E-state index in [-0.39, 0.29) is 0 Å². The van der Waals surface area contributed by atoms with Gasteiger partial charge in [0.2, 0.25) is 7.38 Å². The summed E-state index contributed by atoms with van der Waals surface area (Å²) in [7, 11) is -3.46. The van der Waals surface area contributed by atoms with Gasteiger partial charge in [-0.1, -0.05) is 200 Å². The van der Waals surface area contributed by atoms with Crippen LogP contribution in [0.4, 0.5) is 0 Å². The molecule has 338 valence electrons. The van der Waals surface area contributed by atoms with Gasteiger partial charge < -0.3 is 0 Å². The lowest BCUT2D eigenvalue weighted by Crippen LogP contribution is -2.67. The molecule has 0 aliphatic carbocycles. The lowest BCUT2D eigenvalue weighted by molar-refractivity contribution is 1.06. The van der Waals surface area contributed by atoms with E-state index in [1.807, 2.05) is 0 Å². The molecular formula is C66H63ClSi. The number of benzene rings is 9. The van der Waals surface area contributed by atoms with Gasteiger partial charge in [-0.3, -0.25) is 0 Å². The Morgan fingerprint density at radius 3 is 0.676 bits per heavy atom. The molecule has 68 heavy (non-hydrogen) atoms. The Hall–Kier alpha value is -6.51. The van der Waals surface area contributed by atoms with Gasteiger partial charge in [0.15, 0.2) is 0 Å². The van der Waals surface area contributed by atoms with Gasteiger partial charge in [0.05, 0.1) is 0 Å². The van der Waals surface area contributed by atoms with Crippen molar-refractivity contribution < 1.29 is 0 Å². The van der Waals surface area contributed by atoms with Crippen LogP contribution in [0.5, 0.6) is 0 Å². The van der Waals surface area contributed by atoms with E-state index in [9.17, 15) is 11.1 Å². The van der Waals surface area contributed by atoms with E-state index in [1.54, 1.807) is 0 Å². The van der Waals surface area contributed by atoms with E-state index in [1.165, 1.54) is 116 Å². The van der Waals surface area contributed by atoms with Crippen LogP contribution in [0.15, 0.2) is 200 Å². The van der Waals surface area contributed by atoms with Gasteiger partial charge in [-0.05, 0) is 196 Å². The van der Waals surface area contributed by atoms with Crippen LogP contribution in [0.25, 0.3) is 0 Å². The Bertz CT molecular complexity index is 2800. The number of hydrogen-bond acceptors (Lipinski definition) is 0. The fraction of sp³-hybridized carbons (Fsp3) is 0.182. The maximum absolute atomic E-state index is 9.35. The molecule has 0 amide bonds. The third-order valence-electron chi connectivity index (χ3n) is 14.4. The predicted octanol–water partition coefficient (Wildman–Crippen LogP) is 14.3. The topological polar surface area (TPSA) is 0 Å². The molecule has 9 aromatic carbocycles. The molecular weight excluding hydrogens is 856 g/mol. The molecule has 2 heteroatoms. The van der Waals surface area contributed by atoms with Crippen molar-refractivity contribution in [2.75, 3.05) is 0 Å². The zero-order chi connectivity index (χ0) is 47.2. The van der Waals surface area contributed by atoms with Crippen LogP contribution >= 0.6 is 11.1 Å². The molecule has 0 radical (unpaired) electrons. The molecule has 0 aliphatic heterocycles. The van der Waals surface area contributed by atoms with Crippen LogP contribution in [0.1, 0.15) is 100 Å². The molecule has 0 aliphatic rings. The predicted molar refractivity (Wildman–Crippen MR) is 294 cm³/mol. The minimum absolute atomic E-state index is 0.837. The molecule has 0 nitrogen and oxygen atoms in total. The van der Waals surface area contributed by atoms with E-state index in [2.05, 4.69) is 242 Å². The molecule has 0 bridgehead atoms. The average Bonchev–Trinajstić information content (AvgIpc) is 3.34. The molecule has 0 atom stereocenters. The minimum atomic E-state index is -3.46. The highest BCUT2D eigenvalue weighted by atomic mass is 35.6. The van der Waals surface area contributed by atoms with E-state index in [4.69, 9.17) is 0 Å². The molecule has 0 spiro atoms. The maximum atomic E-state index is 9.35. The van der Waals surface area contributed by atoms with E-state index in [0.29, 0.717) is 0 Å². The zero-order valence-corrected chi connectivity index (χ0v) is 42.4. The Morgan fingerprint density at radius 1 is 0.279 bits per heavy atom. The SMILES string of the molecule is Cc1cc(Cc2ccccc2)c(Cc2ccccc2)c(C)c1[Si](Cl)(c1c(C)cc(Cc2ccccc2)c(Cc2ccccc2)c1C)c1c(C)cc(Cc2ccccc2)c(Cc2ccccc2)c1C. The second-order valence-corrected chi connectivity index (χ2v) is 23.6. The number of halogens is 1. The fourth-order valence-corrected chi connectivity index (χ4v) is 18.6. The Balaban J connectivity index is 1.37. The van der Waals surface area contributed by atoms with E-state index >= 15 is 0 Å². The van der Waals surface area contributed by atoms with Gasteiger partial charge in [-0.25, -0.2) is 0 Å². The Morgan fingerprint density at radius 2 is 0.471 bits per heavy atom. The summed E-state index contributed by atoms with van der Waals surface area (Å²) in [5.74, 6) is 0. The monoisotopic (exact) mass is 918 g/mol. The van der Waals surface area contributed by atoms with Gasteiger partial charge in [-0.15, -0.1) is 11.1 Å². The van der Waals surface area contributed by atoms with Crippen LogP contribution in [-0.2, 0) is 38.5 Å². The summed E-state index contributed by atoms with van der Waals surface area (Å²) in [4.78, 5) is 0. The van der Waals surface area contributed by atoms with Crippen molar-refractivity contribution in [1.82, 2.24) is 0 Å². The highest BCUT2D eigenvalue weighted by molar-refractivity contribution is 7.41. The molecule has 0 fully saturated rings. The minimum Gasteiger partial charge on any atom is -0.149 e. The molecule has 0 unspecified atom stereocenters. The summed E-state index contributed by atoms with van der Waals surface area (Å²) in [5, 5.41) is 4.01. The quantitative estimate of drug-likeness (QED) is 0.0546. The summed E-state index contributed by atoms with van der Waals surface area (Å²) < 4.78 is 0. The highest BCUT2D eigenvalue weighted by Crippen LogP contribution is 2.33. The van der Waals surface area contributed by atoms with Crippen molar-refractivity contribution in [3.63, 3.8) is 0 Å². The largest absolute Gasteiger partial charge is 0.249 e. The Labute approximate surface area is 412 Å². The van der Waals surface area contributed by atoms with Gasteiger partial charge in [0.1, 0.15) is 0 Å². The van der Waals surface area contributed by atoms with Crippen molar-refractivity contribution in [2.24, 2.45) is 0 Å². The maximum Gasteiger partial charge on any atom is 0.249 e. The summed E-state index contributed by atoms with van der Waals surface area (Å²) in [6.07, 6.45) is 5.10. The first-order valence-electron chi connectivity index (χ1n) is 24.4. The van der Waals surface area contributed by atoms with E-state index in [0.717, 1.165) is 38.5 Å². The first-order chi connectivity index (χ1) is 33.1. The third kappa shape index (κ3) is 9.88. The van der Waals surface area contributed by atoms with E-state index < -0.39 is 7.38 Å². The first kappa shape index (κ1) is 46.6. The number of aryl methyl sites for hydroxylation is 3. The van der Waals surface area contributed by atoms with Crippen LogP contribution in [0.3, 0.4) is 0 Å². The van der Waals surface area contributed by atoms with Gasteiger partial charge >= 0.3 is 0 Å². The molecule has 9 aromatic rings. The lowest BCUT2D eigenvalue weighted by atomic mass is 9.89. The molecule has 9 rings (SSSR count). The van der Waals surface area contributed by atoms with Crippen molar-refractivity contribution in [1.29, 1.82) is 0 Å². The normalized spacial score (nSPS) is 11.5. The van der Waals surface area contributed by atoms with Crippen LogP contribution in [0, 0.1) is 41.5 Å². The fourth-order valence-electron chi connectivity index (χ4n) is 11.3. The lowest BCUT2D eigenvalue weighted by Gasteiger charge is -2.38. The molecule has 0 saturated heterocycles. The number of rotatable bonds is 15. The Kier molecular flexibility index (Phi) is 14.2. The van der Waals surface area contributed by atoms with Crippen molar-refractivity contribution in [3.8, 4) is 0 Å². The summed E-state index contributed by atoms with van der Waals surface area (Å²) in [6.45, 7) is 14.3. The van der Waals surface area contributed by atoms with Crippen molar-refractivity contribution >= 4 is 34.0 Å². The number of hydrogen-bond donors (Lipinski definition) is 0. The van der Waals surface area contributed by atoms with Gasteiger partial charge in [0.25, 0.3) is 0 Å². The van der Waals surface area contributed by atoms with Crippen molar-refractivity contribution in [2.45, 2.75) is 80.1 Å². The average molecular weight is 920 g/mol. The van der Waals surface area contributed by atoms with Crippen LogP contribution < -0.4 is 15.6 Å². The molecule has 0 aromatic heterocycles. The first-order valence-corrected chi connectivity index (χ1v) is 27.4. The summed E-state index contributed by atoms with van der Waals surface area (Å²) in [6, 6.07) is 73.5. The molecule has 0 saturated carbocycles. The second-order valence-electron chi connectivity index (χ2n) is 19.1. The third-order valence-corrected chi connectivity index (χ3v) is 20.5. The van der Waals surface area contributed by atoms with Crippen molar-refractivity contribution in [3.05, 3.63) is 300 Å². The molecule has 0 heterocycles. The van der Waals surface area contributed by atoms with Crippen LogP contribution in [0.2, 0.25) is 0 Å². The second kappa shape index (κ2) is 20.8. The van der Waals surface area contributed by atoms with Gasteiger partial charge in [-0.2, -0.15) is 0 Å². The molecule has 0 N–H and O–H groups in total. The smallest absolute Gasteiger partial charge is 0.149 e. The summed E-state index contributed by atoms with van der Waals surface area (Å²) >= 11 is 9.35. The highest BCUT2D eigenvalue weighted by Gasteiger charge is 2.46. The van der Waals surface area contributed by atoms with Gasteiger partial charge in [0, 0.05) is 0 Å².